The number of cyclic esters (lactones) is 1. The minimum absolute atomic E-state index is 0.0819. The lowest BCUT2D eigenvalue weighted by Crippen LogP contribution is -1.94. The lowest BCUT2D eigenvalue weighted by molar-refractivity contribution is 0.0533. The molecule has 86 valence electrons. The molecule has 0 saturated heterocycles. The number of benzene rings is 2. The monoisotopic (exact) mass is 232 g/mol. The average molecular weight is 232 g/mol. The summed E-state index contributed by atoms with van der Waals surface area (Å²) in [5.74, 6) is -1.30. The predicted molar refractivity (Wildman–Crippen MR) is 58.1 cm³/mol. The van der Waals surface area contributed by atoms with E-state index >= 15 is 0 Å². The molecule has 17 heavy (non-hydrogen) atoms. The second-order valence-corrected chi connectivity index (χ2v) is 3.90. The van der Waals surface area contributed by atoms with Gasteiger partial charge < -0.3 is 20.1 Å². The van der Waals surface area contributed by atoms with Crippen molar-refractivity contribution in [2.24, 2.45) is 0 Å². The molecule has 0 amide bonds. The van der Waals surface area contributed by atoms with Crippen LogP contribution in [0.3, 0.4) is 0 Å². The van der Waals surface area contributed by atoms with Crippen LogP contribution in [-0.4, -0.2) is 21.3 Å². The Kier molecular flexibility index (Phi) is 1.75. The molecule has 1 aliphatic heterocycles. The molecule has 0 aromatic heterocycles. The molecule has 3 rings (SSSR count). The molecule has 0 aliphatic carbocycles. The zero-order valence-corrected chi connectivity index (χ0v) is 8.60. The van der Waals surface area contributed by atoms with Gasteiger partial charge in [0.2, 0.25) is 0 Å². The fourth-order valence-corrected chi connectivity index (χ4v) is 2.10. The van der Waals surface area contributed by atoms with Gasteiger partial charge in [0.05, 0.1) is 5.39 Å². The van der Waals surface area contributed by atoms with Crippen LogP contribution in [0.15, 0.2) is 18.2 Å². The first kappa shape index (κ1) is 9.77. The smallest absolute Gasteiger partial charge is 0.342 e. The number of carbonyl (C=O) groups is 1. The van der Waals surface area contributed by atoms with Crippen molar-refractivity contribution in [1.29, 1.82) is 0 Å². The number of rotatable bonds is 0. The third-order valence-electron chi connectivity index (χ3n) is 2.82. The van der Waals surface area contributed by atoms with Crippen molar-refractivity contribution in [2.45, 2.75) is 6.61 Å². The number of fused-ring (bicyclic) bond motifs is 2. The van der Waals surface area contributed by atoms with Crippen molar-refractivity contribution in [2.75, 3.05) is 0 Å². The van der Waals surface area contributed by atoms with Gasteiger partial charge in [0, 0.05) is 11.6 Å². The van der Waals surface area contributed by atoms with Crippen molar-refractivity contribution < 1.29 is 24.9 Å². The zero-order chi connectivity index (χ0) is 12.2. The summed E-state index contributed by atoms with van der Waals surface area (Å²) in [5.41, 5.74) is 0.628. The van der Waals surface area contributed by atoms with Crippen LogP contribution in [-0.2, 0) is 11.3 Å². The molecule has 1 heterocycles. The molecule has 5 heteroatoms. The molecular weight excluding hydrogens is 224 g/mol. The van der Waals surface area contributed by atoms with E-state index in [0.29, 0.717) is 10.9 Å². The van der Waals surface area contributed by atoms with Gasteiger partial charge in [0.15, 0.2) is 0 Å². The van der Waals surface area contributed by atoms with Crippen LogP contribution in [0.5, 0.6) is 17.2 Å². The van der Waals surface area contributed by atoms with Gasteiger partial charge in [0.1, 0.15) is 29.4 Å². The molecule has 5 nitrogen and oxygen atoms in total. The number of hydrogen-bond acceptors (Lipinski definition) is 5. The highest BCUT2D eigenvalue weighted by molar-refractivity contribution is 6.06. The van der Waals surface area contributed by atoms with Crippen LogP contribution in [0.4, 0.5) is 0 Å². The second kappa shape index (κ2) is 3.04. The summed E-state index contributed by atoms with van der Waals surface area (Å²) in [7, 11) is 0. The minimum Gasteiger partial charge on any atom is -0.508 e. The molecule has 0 bridgehead atoms. The molecule has 2 aromatic rings. The quantitative estimate of drug-likeness (QED) is 0.601. The fourth-order valence-electron chi connectivity index (χ4n) is 2.10. The van der Waals surface area contributed by atoms with Crippen LogP contribution in [0.2, 0.25) is 0 Å². The normalized spacial score (nSPS) is 13.8. The van der Waals surface area contributed by atoms with Gasteiger partial charge in [-0.1, -0.05) is 0 Å². The van der Waals surface area contributed by atoms with Crippen molar-refractivity contribution in [1.82, 2.24) is 0 Å². The number of phenols is 3. The SMILES string of the molecule is O=C1OCc2cc3cc(O)cc(O)c3c(O)c21. The summed E-state index contributed by atoms with van der Waals surface area (Å²) in [5, 5.41) is 29.6. The van der Waals surface area contributed by atoms with Gasteiger partial charge in [0.25, 0.3) is 0 Å². The van der Waals surface area contributed by atoms with E-state index in [2.05, 4.69) is 0 Å². The fraction of sp³-hybridized carbons (Fsp3) is 0.0833. The van der Waals surface area contributed by atoms with Crippen LogP contribution in [0.1, 0.15) is 15.9 Å². The molecule has 1 aliphatic rings. The van der Waals surface area contributed by atoms with Crippen LogP contribution in [0, 0.1) is 0 Å². The van der Waals surface area contributed by atoms with Crippen LogP contribution >= 0.6 is 0 Å². The largest absolute Gasteiger partial charge is 0.508 e. The minimum atomic E-state index is -0.605. The van der Waals surface area contributed by atoms with Gasteiger partial charge in [-0.3, -0.25) is 0 Å². The third-order valence-corrected chi connectivity index (χ3v) is 2.82. The number of phenolic OH excluding ortho intramolecular Hbond substituents is 3. The topological polar surface area (TPSA) is 87.0 Å². The summed E-state index contributed by atoms with van der Waals surface area (Å²) in [6.07, 6.45) is 0. The Labute approximate surface area is 95.5 Å². The lowest BCUT2D eigenvalue weighted by atomic mass is 10.00. The van der Waals surface area contributed by atoms with E-state index in [1.807, 2.05) is 0 Å². The first-order valence-corrected chi connectivity index (χ1v) is 4.95. The van der Waals surface area contributed by atoms with Crippen molar-refractivity contribution in [3.05, 3.63) is 29.3 Å². The third kappa shape index (κ3) is 1.22. The molecule has 0 unspecified atom stereocenters. The predicted octanol–water partition coefficient (Wildman–Crippen LogP) is 1.63. The van der Waals surface area contributed by atoms with Crippen LogP contribution < -0.4 is 0 Å². The van der Waals surface area contributed by atoms with Gasteiger partial charge >= 0.3 is 5.97 Å². The number of ether oxygens (including phenoxy) is 1. The highest BCUT2D eigenvalue weighted by Crippen LogP contribution is 2.41. The van der Waals surface area contributed by atoms with Crippen LogP contribution in [0.25, 0.3) is 10.8 Å². The number of aromatic hydroxyl groups is 3. The van der Waals surface area contributed by atoms with E-state index < -0.39 is 5.97 Å². The van der Waals surface area contributed by atoms with Crippen molar-refractivity contribution >= 4 is 16.7 Å². The molecule has 0 fully saturated rings. The second-order valence-electron chi connectivity index (χ2n) is 3.90. The van der Waals surface area contributed by atoms with E-state index in [9.17, 15) is 20.1 Å². The number of esters is 1. The molecule has 0 saturated carbocycles. The Morgan fingerprint density at radius 3 is 2.65 bits per heavy atom. The highest BCUT2D eigenvalue weighted by Gasteiger charge is 2.27. The van der Waals surface area contributed by atoms with Gasteiger partial charge in [-0.2, -0.15) is 0 Å². The Morgan fingerprint density at radius 2 is 1.88 bits per heavy atom. The molecule has 0 spiro atoms. The summed E-state index contributed by atoms with van der Waals surface area (Å²) in [6.45, 7) is 0.0914. The average Bonchev–Trinajstić information content (AvgIpc) is 2.59. The van der Waals surface area contributed by atoms with E-state index in [1.54, 1.807) is 6.07 Å². The molecule has 3 N–H and O–H groups in total. The summed E-state index contributed by atoms with van der Waals surface area (Å²) >= 11 is 0. The van der Waals surface area contributed by atoms with E-state index in [1.165, 1.54) is 6.07 Å². The van der Waals surface area contributed by atoms with Crippen molar-refractivity contribution in [3.8, 4) is 17.2 Å². The Hall–Kier alpha value is -2.43. The first-order valence-electron chi connectivity index (χ1n) is 4.95. The molecule has 0 radical (unpaired) electrons. The standard InChI is InChI=1S/C12H8O5/c13-7-2-5-1-6-4-17-12(16)10(6)11(15)9(5)8(14)3-7/h1-3,13-15H,4H2. The van der Waals surface area contributed by atoms with Gasteiger partial charge in [-0.05, 0) is 17.5 Å². The van der Waals surface area contributed by atoms with E-state index in [0.717, 1.165) is 6.07 Å². The lowest BCUT2D eigenvalue weighted by Gasteiger charge is -2.07. The summed E-state index contributed by atoms with van der Waals surface area (Å²) < 4.78 is 4.80. The molecular formula is C12H8O5. The van der Waals surface area contributed by atoms with Crippen molar-refractivity contribution in [3.63, 3.8) is 0 Å². The maximum atomic E-state index is 11.4. The summed E-state index contributed by atoms with van der Waals surface area (Å²) in [6, 6.07) is 4.11. The zero-order valence-electron chi connectivity index (χ0n) is 8.60. The highest BCUT2D eigenvalue weighted by atomic mass is 16.5. The maximum Gasteiger partial charge on any atom is 0.342 e. The number of carbonyl (C=O) groups excluding carboxylic acids is 1. The van der Waals surface area contributed by atoms with Gasteiger partial charge in [-0.25, -0.2) is 4.79 Å². The maximum absolute atomic E-state index is 11.4. The van der Waals surface area contributed by atoms with E-state index in [4.69, 9.17) is 4.74 Å². The Morgan fingerprint density at radius 1 is 1.12 bits per heavy atom. The molecule has 2 aromatic carbocycles. The number of hydrogen-bond donors (Lipinski definition) is 3. The molecule has 0 atom stereocenters. The van der Waals surface area contributed by atoms with Gasteiger partial charge in [-0.15, -0.1) is 0 Å². The first-order chi connectivity index (χ1) is 8.08. The Bertz CT molecular complexity index is 660. The van der Waals surface area contributed by atoms with E-state index in [-0.39, 0.29) is 34.8 Å². The Balaban J connectivity index is 2.48. The summed E-state index contributed by atoms with van der Waals surface area (Å²) in [4.78, 5) is 11.4.